The van der Waals surface area contributed by atoms with E-state index >= 15 is 0 Å². The van der Waals surface area contributed by atoms with Crippen molar-refractivity contribution in [1.29, 1.82) is 0 Å². The molecule has 1 saturated carbocycles. The van der Waals surface area contributed by atoms with E-state index in [-0.39, 0.29) is 31.5 Å². The van der Waals surface area contributed by atoms with Gasteiger partial charge in [0.15, 0.2) is 0 Å². The SMILES string of the molecule is CCOC1CC(NC(=O)OCC2c3ccccc3-c3ccccc32)(C(=O)O)C1. The average Bonchev–Trinajstić information content (AvgIpc) is 2.98. The molecule has 28 heavy (non-hydrogen) atoms. The van der Waals surface area contributed by atoms with Crippen LogP contribution >= 0.6 is 0 Å². The van der Waals surface area contributed by atoms with E-state index < -0.39 is 17.6 Å². The van der Waals surface area contributed by atoms with Crippen LogP contribution in [0.1, 0.15) is 36.8 Å². The van der Waals surface area contributed by atoms with Gasteiger partial charge in [0, 0.05) is 25.4 Å². The number of hydrogen-bond acceptors (Lipinski definition) is 4. The van der Waals surface area contributed by atoms with Crippen LogP contribution in [0.5, 0.6) is 0 Å². The first-order valence-electron chi connectivity index (χ1n) is 9.52. The second-order valence-corrected chi connectivity index (χ2v) is 7.32. The number of alkyl carbamates (subject to hydrolysis) is 1. The molecule has 2 aromatic carbocycles. The highest BCUT2D eigenvalue weighted by Crippen LogP contribution is 2.44. The van der Waals surface area contributed by atoms with E-state index in [1.54, 1.807) is 0 Å². The second kappa shape index (κ2) is 7.28. The number of rotatable bonds is 6. The summed E-state index contributed by atoms with van der Waals surface area (Å²) in [5, 5.41) is 12.1. The molecule has 4 rings (SSSR count). The Morgan fingerprint density at radius 3 is 2.18 bits per heavy atom. The van der Waals surface area contributed by atoms with E-state index in [2.05, 4.69) is 17.4 Å². The maximum atomic E-state index is 12.4. The molecule has 0 aliphatic heterocycles. The maximum Gasteiger partial charge on any atom is 0.408 e. The van der Waals surface area contributed by atoms with Gasteiger partial charge < -0.3 is 19.9 Å². The molecule has 2 aliphatic rings. The van der Waals surface area contributed by atoms with Crippen LogP contribution in [0.15, 0.2) is 48.5 Å². The van der Waals surface area contributed by atoms with Crippen LogP contribution in [0, 0.1) is 0 Å². The van der Waals surface area contributed by atoms with Crippen LogP contribution < -0.4 is 5.32 Å². The number of nitrogens with one attached hydrogen (secondary N) is 1. The number of carboxylic acids is 1. The molecular weight excluding hydrogens is 358 g/mol. The molecule has 0 saturated heterocycles. The highest BCUT2D eigenvalue weighted by Gasteiger charge is 2.52. The zero-order valence-electron chi connectivity index (χ0n) is 15.7. The normalized spacial score (nSPS) is 22.7. The van der Waals surface area contributed by atoms with Crippen LogP contribution in [-0.2, 0) is 14.3 Å². The van der Waals surface area contributed by atoms with Crippen molar-refractivity contribution in [3.8, 4) is 11.1 Å². The van der Waals surface area contributed by atoms with Crippen molar-refractivity contribution in [1.82, 2.24) is 5.32 Å². The monoisotopic (exact) mass is 381 g/mol. The van der Waals surface area contributed by atoms with Crippen LogP contribution in [0.2, 0.25) is 0 Å². The minimum atomic E-state index is -1.30. The number of ether oxygens (including phenoxy) is 2. The minimum absolute atomic E-state index is 0.0588. The highest BCUT2D eigenvalue weighted by molar-refractivity contribution is 5.86. The molecule has 2 N–H and O–H groups in total. The number of carboxylic acid groups (broad SMARTS) is 1. The lowest BCUT2D eigenvalue weighted by atomic mass is 9.74. The van der Waals surface area contributed by atoms with E-state index in [0.717, 1.165) is 22.3 Å². The second-order valence-electron chi connectivity index (χ2n) is 7.32. The summed E-state index contributed by atoms with van der Waals surface area (Å²) in [6.45, 7) is 2.54. The summed E-state index contributed by atoms with van der Waals surface area (Å²) in [6, 6.07) is 16.1. The molecule has 0 bridgehead atoms. The Morgan fingerprint density at radius 2 is 1.64 bits per heavy atom. The van der Waals surface area contributed by atoms with E-state index in [0.29, 0.717) is 6.61 Å². The molecule has 6 heteroatoms. The topological polar surface area (TPSA) is 84.9 Å². The lowest BCUT2D eigenvalue weighted by Gasteiger charge is -2.43. The molecule has 0 atom stereocenters. The Labute approximate surface area is 163 Å². The first kappa shape index (κ1) is 18.5. The van der Waals surface area contributed by atoms with Gasteiger partial charge in [-0.05, 0) is 29.2 Å². The predicted octanol–water partition coefficient (Wildman–Crippen LogP) is 3.55. The van der Waals surface area contributed by atoms with Gasteiger partial charge in [0.25, 0.3) is 0 Å². The highest BCUT2D eigenvalue weighted by atomic mass is 16.5. The molecule has 1 fully saturated rings. The summed E-state index contributed by atoms with van der Waals surface area (Å²) < 4.78 is 10.9. The Bertz CT molecular complexity index is 858. The fourth-order valence-electron chi connectivity index (χ4n) is 4.23. The van der Waals surface area contributed by atoms with Crippen molar-refractivity contribution in [2.45, 2.75) is 37.3 Å². The summed E-state index contributed by atoms with van der Waals surface area (Å²) in [5.41, 5.74) is 3.22. The molecule has 2 aromatic rings. The van der Waals surface area contributed by atoms with Crippen LogP contribution in [-0.4, -0.2) is 42.0 Å². The van der Waals surface area contributed by atoms with Crippen molar-refractivity contribution >= 4 is 12.1 Å². The Morgan fingerprint density at radius 1 is 1.07 bits per heavy atom. The third kappa shape index (κ3) is 3.14. The van der Waals surface area contributed by atoms with Gasteiger partial charge in [0.2, 0.25) is 0 Å². The van der Waals surface area contributed by atoms with E-state index in [1.807, 2.05) is 43.3 Å². The summed E-state index contributed by atoms with van der Waals surface area (Å²) in [6.07, 6.45) is -0.352. The van der Waals surface area contributed by atoms with Crippen molar-refractivity contribution in [3.63, 3.8) is 0 Å². The Balaban J connectivity index is 1.43. The fraction of sp³-hybridized carbons (Fsp3) is 0.364. The summed E-state index contributed by atoms with van der Waals surface area (Å²) in [7, 11) is 0. The number of aliphatic carboxylic acids is 1. The lowest BCUT2D eigenvalue weighted by Crippen LogP contribution is -2.64. The zero-order valence-corrected chi connectivity index (χ0v) is 15.7. The Kier molecular flexibility index (Phi) is 4.81. The quantitative estimate of drug-likeness (QED) is 0.799. The minimum Gasteiger partial charge on any atom is -0.479 e. The Hall–Kier alpha value is -2.86. The van der Waals surface area contributed by atoms with Gasteiger partial charge in [-0.3, -0.25) is 0 Å². The van der Waals surface area contributed by atoms with Gasteiger partial charge in [-0.1, -0.05) is 48.5 Å². The summed E-state index contributed by atoms with van der Waals surface area (Å²) in [5.74, 6) is -1.12. The molecule has 146 valence electrons. The third-order valence-electron chi connectivity index (χ3n) is 5.65. The number of hydrogen-bond donors (Lipinski definition) is 2. The van der Waals surface area contributed by atoms with Crippen molar-refractivity contribution < 1.29 is 24.2 Å². The molecule has 0 aromatic heterocycles. The number of benzene rings is 2. The molecule has 1 amide bonds. The number of fused-ring (bicyclic) bond motifs is 3. The molecular formula is C22H23NO5. The van der Waals surface area contributed by atoms with Gasteiger partial charge in [-0.2, -0.15) is 0 Å². The lowest BCUT2D eigenvalue weighted by molar-refractivity contribution is -0.157. The zero-order chi connectivity index (χ0) is 19.7. The first-order chi connectivity index (χ1) is 13.5. The van der Waals surface area contributed by atoms with E-state index in [1.165, 1.54) is 0 Å². The maximum absolute atomic E-state index is 12.4. The smallest absolute Gasteiger partial charge is 0.408 e. The molecule has 6 nitrogen and oxygen atoms in total. The van der Waals surface area contributed by atoms with Gasteiger partial charge in [0.1, 0.15) is 12.1 Å². The average molecular weight is 381 g/mol. The van der Waals surface area contributed by atoms with Crippen LogP contribution in [0.4, 0.5) is 4.79 Å². The van der Waals surface area contributed by atoms with Crippen LogP contribution in [0.25, 0.3) is 11.1 Å². The van der Waals surface area contributed by atoms with Crippen molar-refractivity contribution in [2.24, 2.45) is 0 Å². The third-order valence-corrected chi connectivity index (χ3v) is 5.65. The molecule has 0 spiro atoms. The van der Waals surface area contributed by atoms with Gasteiger partial charge in [-0.25, -0.2) is 9.59 Å². The van der Waals surface area contributed by atoms with Gasteiger partial charge in [-0.15, -0.1) is 0 Å². The molecule has 2 aliphatic carbocycles. The summed E-state index contributed by atoms with van der Waals surface area (Å²) >= 11 is 0. The number of carbonyl (C=O) groups is 2. The fourth-order valence-corrected chi connectivity index (χ4v) is 4.23. The number of amides is 1. The first-order valence-corrected chi connectivity index (χ1v) is 9.52. The van der Waals surface area contributed by atoms with E-state index in [9.17, 15) is 14.7 Å². The summed E-state index contributed by atoms with van der Waals surface area (Å²) in [4.78, 5) is 24.0. The van der Waals surface area contributed by atoms with Crippen molar-refractivity contribution in [2.75, 3.05) is 13.2 Å². The molecule has 0 radical (unpaired) electrons. The van der Waals surface area contributed by atoms with Gasteiger partial charge >= 0.3 is 12.1 Å². The van der Waals surface area contributed by atoms with E-state index in [4.69, 9.17) is 9.47 Å². The van der Waals surface area contributed by atoms with Crippen molar-refractivity contribution in [3.05, 3.63) is 59.7 Å². The predicted molar refractivity (Wildman–Crippen MR) is 103 cm³/mol. The standard InChI is InChI=1S/C22H23NO5/c1-2-27-14-11-22(12-14,20(24)25)23-21(26)28-13-19-17-9-5-3-7-15(17)16-8-4-6-10-18(16)19/h3-10,14,19H,2,11-13H2,1H3,(H,23,26)(H,24,25). The largest absolute Gasteiger partial charge is 0.479 e. The number of carbonyl (C=O) groups excluding carboxylic acids is 1. The molecule has 0 heterocycles. The van der Waals surface area contributed by atoms with Crippen LogP contribution in [0.3, 0.4) is 0 Å². The van der Waals surface area contributed by atoms with Gasteiger partial charge in [0.05, 0.1) is 6.10 Å². The molecule has 0 unspecified atom stereocenters.